The zero-order valence-electron chi connectivity index (χ0n) is 10.7. The largest absolute Gasteiger partial charge is 0.576 e. The van der Waals surface area contributed by atoms with E-state index in [1.807, 2.05) is 0 Å². The molecule has 0 N–H and O–H groups in total. The van der Waals surface area contributed by atoms with Crippen LogP contribution in [0.25, 0.3) is 0 Å². The fourth-order valence-corrected chi connectivity index (χ4v) is 4.42. The summed E-state index contributed by atoms with van der Waals surface area (Å²) in [4.78, 5) is 0. The number of hydrogen-bond acceptors (Lipinski definition) is 4. The van der Waals surface area contributed by atoms with Crippen molar-refractivity contribution in [1.82, 2.24) is 0 Å². The second kappa shape index (κ2) is 15.6. The molecule has 0 heterocycles. The molecule has 0 aliphatic heterocycles. The predicted molar refractivity (Wildman–Crippen MR) is 62.8 cm³/mol. The molecule has 15 heavy (non-hydrogen) atoms. The third-order valence-electron chi connectivity index (χ3n) is 0.908. The molecule has 0 fully saturated rings. The minimum Gasteiger partial charge on any atom is -0.456 e. The Hall–Kier alpha value is 1.59. The van der Waals surface area contributed by atoms with Gasteiger partial charge in [-0.3, -0.25) is 0 Å². The van der Waals surface area contributed by atoms with Gasteiger partial charge in [-0.15, -0.1) is 0 Å². The molecule has 88 valence electrons. The Bertz CT molecular complexity index is 103. The van der Waals surface area contributed by atoms with Crippen LogP contribution in [-0.2, 0) is 50.1 Å². The second-order valence-corrected chi connectivity index (χ2v) is 8.96. The minimum atomic E-state index is -1.36. The molecule has 0 spiro atoms. The Balaban J connectivity index is -0.000000180. The van der Waals surface area contributed by atoms with Gasteiger partial charge in [0.15, 0.2) is 18.1 Å². The fraction of sp³-hybridized carbons (Fsp3) is 1.00. The van der Waals surface area contributed by atoms with E-state index in [2.05, 4.69) is 26.2 Å². The van der Waals surface area contributed by atoms with Crippen molar-refractivity contribution < 1.29 is 50.1 Å². The third kappa shape index (κ3) is 21.4. The quantitative estimate of drug-likeness (QED) is 0.708. The maximum absolute atomic E-state index is 5.45. The van der Waals surface area contributed by atoms with Gasteiger partial charge in [0.1, 0.15) is 0 Å². The van der Waals surface area contributed by atoms with Crippen molar-refractivity contribution in [1.29, 1.82) is 0 Å². The summed E-state index contributed by atoms with van der Waals surface area (Å²) in [5, 5.41) is 0. The van der Waals surface area contributed by atoms with Crippen LogP contribution in [0.5, 0.6) is 0 Å². The van der Waals surface area contributed by atoms with Crippen molar-refractivity contribution >= 4 is 27.6 Å². The molecule has 0 amide bonds. The first-order valence-corrected chi connectivity index (χ1v) is 10.3. The summed E-state index contributed by atoms with van der Waals surface area (Å²) in [5.74, 6) is 0. The van der Waals surface area contributed by atoms with Gasteiger partial charge in [-0.25, -0.2) is 0 Å². The topological polar surface area (TPSA) is 36.9 Å². The van der Waals surface area contributed by atoms with Crippen LogP contribution < -0.4 is 0 Å². The van der Waals surface area contributed by atoms with Crippen LogP contribution in [0.1, 0.15) is 0 Å². The molecule has 0 aromatic rings. The smallest absolute Gasteiger partial charge is 0.456 e. The van der Waals surface area contributed by atoms with E-state index in [1.165, 1.54) is 0 Å². The molecule has 0 rings (SSSR count). The Morgan fingerprint density at radius 1 is 0.667 bits per heavy atom. The first kappa shape index (κ1) is 21.8. The van der Waals surface area contributed by atoms with E-state index in [0.717, 1.165) is 0 Å². The van der Waals surface area contributed by atoms with Gasteiger partial charge in [0.2, 0.25) is 0 Å². The maximum atomic E-state index is 5.45. The normalized spacial score (nSPS) is 10.0. The van der Waals surface area contributed by atoms with Crippen molar-refractivity contribution in [2.24, 2.45) is 0 Å². The van der Waals surface area contributed by atoms with E-state index >= 15 is 0 Å². The molecular weight excluding hydrogens is 321 g/mol. The summed E-state index contributed by atoms with van der Waals surface area (Å²) < 4.78 is 19.6. The van der Waals surface area contributed by atoms with E-state index in [4.69, 9.17) is 17.4 Å². The summed E-state index contributed by atoms with van der Waals surface area (Å²) in [7, 11) is 2.53. The summed E-state index contributed by atoms with van der Waals surface area (Å²) in [5.41, 5.74) is 0. The predicted octanol–water partition coefficient (Wildman–Crippen LogP) is 1.41. The van der Waals surface area contributed by atoms with Gasteiger partial charge in [-0.2, -0.15) is 0 Å². The van der Waals surface area contributed by atoms with Gasteiger partial charge in [0, 0.05) is 54.0 Å². The van der Waals surface area contributed by atoms with Gasteiger partial charge in [-0.1, -0.05) is 0 Å². The minimum absolute atomic E-state index is 0. The molecule has 0 unspecified atom stereocenters. The van der Waals surface area contributed by atoms with Crippen molar-refractivity contribution in [3.63, 3.8) is 0 Å². The van der Waals surface area contributed by atoms with Gasteiger partial charge in [0.25, 0.3) is 0 Å². The molecule has 8 heteroatoms. The van der Waals surface area contributed by atoms with E-state index in [0.29, 0.717) is 0 Å². The van der Waals surface area contributed by atoms with Gasteiger partial charge >= 0.3 is 9.53 Å². The summed E-state index contributed by atoms with van der Waals surface area (Å²) >= 11 is 0. The summed E-state index contributed by atoms with van der Waals surface area (Å²) in [6.45, 7) is 8.68. The van der Waals surface area contributed by atoms with Crippen LogP contribution in [0.4, 0.5) is 0 Å². The van der Waals surface area contributed by atoms with Crippen LogP contribution in [0.2, 0.25) is 26.2 Å². The SMILES string of the molecule is CO[Si](OC)OC.C[Si](C)O[Si](C)C.[Y]. The zero-order chi connectivity index (χ0) is 11.6. The molecule has 0 saturated heterocycles. The van der Waals surface area contributed by atoms with Gasteiger partial charge in [-0.05, 0) is 26.2 Å². The monoisotopic (exact) mass is 342 g/mol. The second-order valence-electron chi connectivity index (χ2n) is 2.78. The summed E-state index contributed by atoms with van der Waals surface area (Å²) in [6.07, 6.45) is 0. The van der Waals surface area contributed by atoms with E-state index in [9.17, 15) is 0 Å². The molecule has 0 saturated carbocycles. The Labute approximate surface area is 124 Å². The first-order valence-electron chi connectivity index (χ1n) is 4.25. The van der Waals surface area contributed by atoms with Crippen LogP contribution in [-0.4, -0.2) is 48.9 Å². The molecule has 0 atom stereocenters. The molecular formula is C7H21O4Si3Y. The van der Waals surface area contributed by atoms with Gasteiger partial charge in [0.05, 0.1) is 0 Å². The average molecular weight is 342 g/mol. The molecule has 0 bridgehead atoms. The van der Waals surface area contributed by atoms with Crippen molar-refractivity contribution in [2.45, 2.75) is 26.2 Å². The standard InChI is InChI=1S/C4H12OSi2.C3H9O3Si.Y/c1-6(2)5-7(3)4;1-4-7(5-2)6-3;/h1-4H3;1-3H3;. The molecule has 4 nitrogen and oxygen atoms in total. The van der Waals surface area contributed by atoms with Crippen LogP contribution >= 0.6 is 0 Å². The van der Waals surface area contributed by atoms with Crippen LogP contribution in [0.3, 0.4) is 0 Å². The Kier molecular flexibility index (Phi) is 22.7. The molecule has 0 aliphatic rings. The average Bonchev–Trinajstić information content (AvgIpc) is 2.06. The Morgan fingerprint density at radius 3 is 0.933 bits per heavy atom. The van der Waals surface area contributed by atoms with Crippen molar-refractivity contribution in [3.8, 4) is 0 Å². The van der Waals surface area contributed by atoms with Crippen LogP contribution in [0, 0.1) is 0 Å². The van der Waals surface area contributed by atoms with Gasteiger partial charge < -0.3 is 17.4 Å². The molecule has 0 aliphatic carbocycles. The zero-order valence-corrected chi connectivity index (χ0v) is 16.5. The van der Waals surface area contributed by atoms with E-state index in [-0.39, 0.29) is 50.8 Å². The third-order valence-corrected chi connectivity index (χ3v) is 5.17. The molecule has 4 radical (unpaired) electrons. The maximum Gasteiger partial charge on any atom is 0.576 e. The van der Waals surface area contributed by atoms with Crippen molar-refractivity contribution in [3.05, 3.63) is 0 Å². The fourth-order valence-electron chi connectivity index (χ4n) is 0.658. The van der Waals surface area contributed by atoms with E-state index < -0.39 is 9.53 Å². The molecule has 0 aromatic carbocycles. The first-order chi connectivity index (χ1) is 6.47. The Morgan fingerprint density at radius 2 is 0.933 bits per heavy atom. The van der Waals surface area contributed by atoms with Crippen LogP contribution in [0.15, 0.2) is 0 Å². The molecule has 0 aromatic heterocycles. The van der Waals surface area contributed by atoms with E-state index in [1.54, 1.807) is 21.3 Å². The number of hydrogen-bond donors (Lipinski definition) is 0. The summed E-state index contributed by atoms with van der Waals surface area (Å²) in [6, 6.07) is 0. The number of rotatable bonds is 5. The van der Waals surface area contributed by atoms with Crippen molar-refractivity contribution in [2.75, 3.05) is 21.3 Å².